The summed E-state index contributed by atoms with van der Waals surface area (Å²) >= 11 is 5.26. The smallest absolute Gasteiger partial charge is 0.192 e. The first-order valence-corrected chi connectivity index (χ1v) is 8.28. The topological polar surface area (TPSA) is 50.9 Å². The minimum atomic E-state index is 0.111. The lowest BCUT2D eigenvalue weighted by atomic mass is 10.0. The number of thiophene rings is 1. The van der Waals surface area contributed by atoms with Crippen LogP contribution in [0.25, 0.3) is 0 Å². The molecule has 1 atom stereocenters. The average Bonchev–Trinajstić information content (AvgIpc) is 3.11. The number of halogens is 1. The lowest BCUT2D eigenvalue weighted by molar-refractivity contribution is 0.327. The van der Waals surface area contributed by atoms with Gasteiger partial charge in [-0.25, -0.2) is 0 Å². The first-order chi connectivity index (χ1) is 10.2. The van der Waals surface area contributed by atoms with Gasteiger partial charge in [-0.2, -0.15) is 0 Å². The molecule has 0 saturated carbocycles. The van der Waals surface area contributed by atoms with Gasteiger partial charge in [0, 0.05) is 14.9 Å². The highest BCUT2D eigenvalue weighted by Gasteiger charge is 2.30. The van der Waals surface area contributed by atoms with Gasteiger partial charge in [-0.3, -0.25) is 4.99 Å². The summed E-state index contributed by atoms with van der Waals surface area (Å²) in [4.78, 5) is 7.82. The Morgan fingerprint density at radius 1 is 1.48 bits per heavy atom. The fourth-order valence-electron chi connectivity index (χ4n) is 2.52. The van der Waals surface area contributed by atoms with Crippen LogP contribution in [0.2, 0.25) is 0 Å². The summed E-state index contributed by atoms with van der Waals surface area (Å²) in [5.41, 5.74) is 7.19. The van der Waals surface area contributed by atoms with E-state index in [0.717, 1.165) is 22.3 Å². The quantitative estimate of drug-likeness (QED) is 0.903. The maximum Gasteiger partial charge on any atom is 0.192 e. The zero-order valence-corrected chi connectivity index (χ0v) is 14.0. The van der Waals surface area contributed by atoms with E-state index in [1.807, 2.05) is 12.1 Å². The van der Waals surface area contributed by atoms with Gasteiger partial charge < -0.3 is 15.4 Å². The SMILES string of the molecule is COc1ccc(Br)cc1C1CN=C(N)N1Cc1cccs1. The molecule has 0 amide bonds. The van der Waals surface area contributed by atoms with Crippen LogP contribution in [0.1, 0.15) is 16.5 Å². The Kier molecular flexibility index (Phi) is 4.17. The van der Waals surface area contributed by atoms with Gasteiger partial charge in [0.05, 0.1) is 26.2 Å². The van der Waals surface area contributed by atoms with Gasteiger partial charge in [-0.1, -0.05) is 22.0 Å². The van der Waals surface area contributed by atoms with E-state index in [1.54, 1.807) is 18.4 Å². The third kappa shape index (κ3) is 2.91. The van der Waals surface area contributed by atoms with Gasteiger partial charge >= 0.3 is 0 Å². The van der Waals surface area contributed by atoms with E-state index in [4.69, 9.17) is 10.5 Å². The molecule has 0 aliphatic carbocycles. The van der Waals surface area contributed by atoms with Crippen LogP contribution >= 0.6 is 27.3 Å². The first-order valence-electron chi connectivity index (χ1n) is 6.61. The summed E-state index contributed by atoms with van der Waals surface area (Å²) in [6.07, 6.45) is 0. The van der Waals surface area contributed by atoms with Gasteiger partial charge in [0.25, 0.3) is 0 Å². The van der Waals surface area contributed by atoms with Crippen molar-refractivity contribution in [2.24, 2.45) is 10.7 Å². The Morgan fingerprint density at radius 2 is 2.33 bits per heavy atom. The number of benzene rings is 1. The van der Waals surface area contributed by atoms with E-state index in [9.17, 15) is 0 Å². The molecular weight excluding hydrogens is 350 g/mol. The molecule has 1 aliphatic rings. The Balaban J connectivity index is 1.92. The number of ether oxygens (including phenoxy) is 1. The zero-order valence-electron chi connectivity index (χ0n) is 11.6. The van der Waals surface area contributed by atoms with Crippen LogP contribution in [-0.2, 0) is 6.54 Å². The van der Waals surface area contributed by atoms with Crippen LogP contribution in [0.3, 0.4) is 0 Å². The van der Waals surface area contributed by atoms with Crippen LogP contribution < -0.4 is 10.5 Å². The van der Waals surface area contributed by atoms with Crippen molar-refractivity contribution in [3.63, 3.8) is 0 Å². The lowest BCUT2D eigenvalue weighted by Gasteiger charge is -2.27. The van der Waals surface area contributed by atoms with E-state index in [2.05, 4.69) is 49.4 Å². The first kappa shape index (κ1) is 14.4. The van der Waals surface area contributed by atoms with Crippen molar-refractivity contribution >= 4 is 33.2 Å². The van der Waals surface area contributed by atoms with Crippen LogP contribution in [-0.4, -0.2) is 24.5 Å². The molecule has 1 aromatic carbocycles. The third-order valence-electron chi connectivity index (χ3n) is 3.55. The minimum absolute atomic E-state index is 0.111. The molecule has 0 fully saturated rings. The standard InChI is InChI=1S/C15H16BrN3OS/c1-20-14-5-4-10(16)7-12(14)13-8-18-15(17)19(13)9-11-3-2-6-21-11/h2-7,13H,8-9H2,1H3,(H2,17,18). The van der Waals surface area contributed by atoms with Crippen molar-refractivity contribution in [3.05, 3.63) is 50.6 Å². The van der Waals surface area contributed by atoms with Gasteiger partial charge in [-0.05, 0) is 29.6 Å². The molecule has 1 aliphatic heterocycles. The molecule has 110 valence electrons. The van der Waals surface area contributed by atoms with Crippen LogP contribution in [0.15, 0.2) is 45.2 Å². The second kappa shape index (κ2) is 6.07. The molecule has 0 spiro atoms. The normalized spacial score (nSPS) is 17.9. The fourth-order valence-corrected chi connectivity index (χ4v) is 3.60. The summed E-state index contributed by atoms with van der Waals surface area (Å²) in [5, 5.41) is 2.08. The molecule has 1 aromatic heterocycles. The highest BCUT2D eigenvalue weighted by molar-refractivity contribution is 9.10. The summed E-state index contributed by atoms with van der Waals surface area (Å²) in [6.45, 7) is 1.43. The number of hydrogen-bond acceptors (Lipinski definition) is 5. The van der Waals surface area contributed by atoms with Crippen molar-refractivity contribution in [1.29, 1.82) is 0 Å². The summed E-state index contributed by atoms with van der Waals surface area (Å²) in [7, 11) is 1.69. The van der Waals surface area contributed by atoms with E-state index in [0.29, 0.717) is 12.5 Å². The number of nitrogens with two attached hydrogens (primary N) is 1. The summed E-state index contributed by atoms with van der Waals surface area (Å²) in [5.74, 6) is 1.46. The van der Waals surface area contributed by atoms with Crippen LogP contribution in [0.5, 0.6) is 5.75 Å². The van der Waals surface area contributed by atoms with Crippen LogP contribution in [0, 0.1) is 0 Å². The van der Waals surface area contributed by atoms with E-state index in [1.165, 1.54) is 4.88 Å². The van der Waals surface area contributed by atoms with Crippen molar-refractivity contribution in [2.45, 2.75) is 12.6 Å². The largest absolute Gasteiger partial charge is 0.496 e. The molecule has 1 unspecified atom stereocenters. The monoisotopic (exact) mass is 365 g/mol. The van der Waals surface area contributed by atoms with Crippen LogP contribution in [0.4, 0.5) is 0 Å². The van der Waals surface area contributed by atoms with Crippen molar-refractivity contribution < 1.29 is 4.74 Å². The van der Waals surface area contributed by atoms with Crippen molar-refractivity contribution in [3.8, 4) is 5.75 Å². The molecule has 21 heavy (non-hydrogen) atoms. The Labute approximate surface area is 136 Å². The number of nitrogens with zero attached hydrogens (tertiary/aromatic N) is 2. The molecule has 2 N–H and O–H groups in total. The predicted octanol–water partition coefficient (Wildman–Crippen LogP) is 3.39. The van der Waals surface area contributed by atoms with Gasteiger partial charge in [0.2, 0.25) is 0 Å². The molecule has 0 saturated heterocycles. The van der Waals surface area contributed by atoms with E-state index >= 15 is 0 Å². The predicted molar refractivity (Wildman–Crippen MR) is 89.8 cm³/mol. The maximum absolute atomic E-state index is 6.08. The second-order valence-corrected chi connectivity index (χ2v) is 6.76. The number of methoxy groups -OCH3 is 1. The van der Waals surface area contributed by atoms with Crippen molar-refractivity contribution in [2.75, 3.05) is 13.7 Å². The summed E-state index contributed by atoms with van der Waals surface area (Å²) in [6, 6.07) is 10.3. The Hall–Kier alpha value is -1.53. The minimum Gasteiger partial charge on any atom is -0.496 e. The molecule has 2 heterocycles. The molecule has 0 bridgehead atoms. The maximum atomic E-state index is 6.08. The Bertz CT molecular complexity index is 657. The molecule has 4 nitrogen and oxygen atoms in total. The zero-order chi connectivity index (χ0) is 14.8. The number of rotatable bonds is 4. The van der Waals surface area contributed by atoms with E-state index < -0.39 is 0 Å². The highest BCUT2D eigenvalue weighted by atomic mass is 79.9. The second-order valence-electron chi connectivity index (χ2n) is 4.81. The van der Waals surface area contributed by atoms with Gasteiger partial charge in [0.15, 0.2) is 5.96 Å². The molecule has 3 rings (SSSR count). The Morgan fingerprint density at radius 3 is 3.05 bits per heavy atom. The number of aliphatic imine (C=N–C) groups is 1. The third-order valence-corrected chi connectivity index (χ3v) is 4.91. The molecule has 6 heteroatoms. The highest BCUT2D eigenvalue weighted by Crippen LogP contribution is 2.35. The molecule has 0 radical (unpaired) electrons. The average molecular weight is 366 g/mol. The fraction of sp³-hybridized carbons (Fsp3) is 0.267. The molecular formula is C15H16BrN3OS. The van der Waals surface area contributed by atoms with E-state index in [-0.39, 0.29) is 6.04 Å². The number of guanidine groups is 1. The lowest BCUT2D eigenvalue weighted by Crippen LogP contribution is -2.35. The number of hydrogen-bond donors (Lipinski definition) is 1. The van der Waals surface area contributed by atoms with Crippen molar-refractivity contribution in [1.82, 2.24) is 4.90 Å². The van der Waals surface area contributed by atoms with Gasteiger partial charge in [-0.15, -0.1) is 11.3 Å². The summed E-state index contributed by atoms with van der Waals surface area (Å²) < 4.78 is 6.52. The van der Waals surface area contributed by atoms with Gasteiger partial charge in [0.1, 0.15) is 5.75 Å². The molecule has 2 aromatic rings.